The van der Waals surface area contributed by atoms with Crippen LogP contribution in [0.4, 0.5) is 0 Å². The van der Waals surface area contributed by atoms with Gasteiger partial charge in [-0.3, -0.25) is 14.7 Å². The van der Waals surface area contributed by atoms with Gasteiger partial charge in [-0.1, -0.05) is 6.42 Å². The molecule has 0 aromatic heterocycles. The van der Waals surface area contributed by atoms with Crippen LogP contribution in [0, 0.1) is 11.3 Å². The number of ether oxygens (including phenoxy) is 1. The second-order valence-corrected chi connectivity index (χ2v) is 8.19. The van der Waals surface area contributed by atoms with Crippen molar-refractivity contribution in [3.05, 3.63) is 0 Å². The van der Waals surface area contributed by atoms with Crippen LogP contribution < -0.4 is 16.4 Å². The minimum atomic E-state index is -0.243. The summed E-state index contributed by atoms with van der Waals surface area (Å²) in [6.07, 6.45) is 7.58. The summed E-state index contributed by atoms with van der Waals surface area (Å²) < 4.78 is 6.00. The van der Waals surface area contributed by atoms with Gasteiger partial charge in [-0.25, -0.2) is 0 Å². The zero-order chi connectivity index (χ0) is 17.4. The molecule has 4 N–H and O–H groups in total. The maximum atomic E-state index is 11.0. The summed E-state index contributed by atoms with van der Waals surface area (Å²) in [6.45, 7) is 3.10. The average molecular weight is 477 g/mol. The van der Waals surface area contributed by atoms with E-state index in [9.17, 15) is 4.79 Å². The third-order valence-corrected chi connectivity index (χ3v) is 6.86. The number of nitrogens with zero attached hydrogens (tertiary/aromatic N) is 2. The monoisotopic (exact) mass is 477 g/mol. The molecule has 7 nitrogen and oxygen atoms in total. The number of carbonyl (C=O) groups is 1. The molecule has 1 spiro atoms. The standard InChI is InChI=1S/C18H31N5O2.HI/c1-20-17(21-12-3-8-23(9-4-12)11-14(19)24)22-15-13-5-10-25-16(13)18(15)6-2-7-18;/h12-13,15-16H,2-11H2,1H3,(H2,19,24)(H2,20,21,22);1H. The summed E-state index contributed by atoms with van der Waals surface area (Å²) in [5, 5.41) is 7.33. The number of carbonyl (C=O) groups excluding carboxylic acids is 1. The first-order valence-electron chi connectivity index (χ1n) is 9.74. The number of hydrogen-bond acceptors (Lipinski definition) is 4. The van der Waals surface area contributed by atoms with Crippen LogP contribution in [0.2, 0.25) is 0 Å². The van der Waals surface area contributed by atoms with Crippen molar-refractivity contribution in [1.29, 1.82) is 0 Å². The van der Waals surface area contributed by atoms with Crippen LogP contribution in [-0.4, -0.2) is 68.2 Å². The van der Waals surface area contributed by atoms with Gasteiger partial charge in [0.15, 0.2) is 5.96 Å². The van der Waals surface area contributed by atoms with Crippen LogP contribution >= 0.6 is 24.0 Å². The van der Waals surface area contributed by atoms with Gasteiger partial charge in [0.1, 0.15) is 0 Å². The lowest BCUT2D eigenvalue weighted by molar-refractivity contribution is -0.171. The van der Waals surface area contributed by atoms with Gasteiger partial charge in [0.05, 0.1) is 12.6 Å². The Bertz CT molecular complexity index is 546. The number of rotatable bonds is 4. The van der Waals surface area contributed by atoms with Crippen molar-refractivity contribution in [3.63, 3.8) is 0 Å². The average Bonchev–Trinajstić information content (AvgIpc) is 2.96. The minimum absolute atomic E-state index is 0. The Kier molecular flexibility index (Phi) is 6.33. The fourth-order valence-electron chi connectivity index (χ4n) is 5.42. The third-order valence-electron chi connectivity index (χ3n) is 6.86. The van der Waals surface area contributed by atoms with E-state index in [0.29, 0.717) is 36.1 Å². The largest absolute Gasteiger partial charge is 0.377 e. The van der Waals surface area contributed by atoms with Gasteiger partial charge in [-0.2, -0.15) is 0 Å². The van der Waals surface area contributed by atoms with E-state index in [4.69, 9.17) is 10.5 Å². The van der Waals surface area contributed by atoms with Crippen molar-refractivity contribution in [2.75, 3.05) is 33.3 Å². The van der Waals surface area contributed by atoms with E-state index in [-0.39, 0.29) is 29.9 Å². The third kappa shape index (κ3) is 3.56. The molecular weight excluding hydrogens is 445 g/mol. The smallest absolute Gasteiger partial charge is 0.231 e. The quantitative estimate of drug-likeness (QED) is 0.315. The lowest BCUT2D eigenvalue weighted by Gasteiger charge is -2.63. The van der Waals surface area contributed by atoms with Crippen LogP contribution in [-0.2, 0) is 9.53 Å². The Balaban J connectivity index is 0.00000196. The fraction of sp³-hybridized carbons (Fsp3) is 0.889. The first kappa shape index (κ1) is 20.1. The molecular formula is C18H32IN5O2. The molecule has 0 aromatic rings. The van der Waals surface area contributed by atoms with Crippen LogP contribution in [0.1, 0.15) is 38.5 Å². The molecule has 0 aromatic carbocycles. The number of amides is 1. The van der Waals surface area contributed by atoms with Gasteiger partial charge in [-0.15, -0.1) is 24.0 Å². The normalized spacial score (nSPS) is 33.6. The van der Waals surface area contributed by atoms with Crippen molar-refractivity contribution in [1.82, 2.24) is 15.5 Å². The van der Waals surface area contributed by atoms with Crippen LogP contribution in [0.3, 0.4) is 0 Å². The maximum absolute atomic E-state index is 11.0. The van der Waals surface area contributed by atoms with E-state index in [2.05, 4.69) is 20.5 Å². The molecule has 2 heterocycles. The summed E-state index contributed by atoms with van der Waals surface area (Å²) in [4.78, 5) is 17.7. The lowest BCUT2D eigenvalue weighted by atomic mass is 9.46. The molecule has 0 bridgehead atoms. The van der Waals surface area contributed by atoms with E-state index in [1.54, 1.807) is 0 Å². The minimum Gasteiger partial charge on any atom is -0.377 e. The summed E-state index contributed by atoms with van der Waals surface area (Å²) in [7, 11) is 1.85. The van der Waals surface area contributed by atoms with Crippen LogP contribution in [0.15, 0.2) is 4.99 Å². The Labute approximate surface area is 172 Å². The maximum Gasteiger partial charge on any atom is 0.231 e. The first-order valence-corrected chi connectivity index (χ1v) is 9.74. The predicted octanol–water partition coefficient (Wildman–Crippen LogP) is 0.677. The Hall–Kier alpha value is -0.610. The summed E-state index contributed by atoms with van der Waals surface area (Å²) in [5.74, 6) is 1.33. The summed E-state index contributed by atoms with van der Waals surface area (Å²) in [5.41, 5.74) is 5.65. The molecule has 8 heteroatoms. The topological polar surface area (TPSA) is 92.0 Å². The zero-order valence-electron chi connectivity index (χ0n) is 15.6. The Morgan fingerprint density at radius 2 is 2.00 bits per heavy atom. The highest BCUT2D eigenvalue weighted by Crippen LogP contribution is 2.62. The Morgan fingerprint density at radius 1 is 1.27 bits per heavy atom. The summed E-state index contributed by atoms with van der Waals surface area (Å²) >= 11 is 0. The number of piperidine rings is 1. The number of guanidine groups is 1. The molecule has 1 amide bonds. The predicted molar refractivity (Wildman–Crippen MR) is 112 cm³/mol. The van der Waals surface area contributed by atoms with Gasteiger partial charge in [-0.05, 0) is 32.1 Å². The second kappa shape index (κ2) is 8.18. The molecule has 4 aliphatic rings. The van der Waals surface area contributed by atoms with Gasteiger partial charge in [0, 0.05) is 50.2 Å². The van der Waals surface area contributed by atoms with Gasteiger partial charge >= 0.3 is 0 Å². The molecule has 2 saturated carbocycles. The molecule has 148 valence electrons. The number of primary amides is 1. The van der Waals surface area contributed by atoms with Gasteiger partial charge in [0.2, 0.25) is 5.91 Å². The van der Waals surface area contributed by atoms with Crippen molar-refractivity contribution in [2.24, 2.45) is 22.1 Å². The van der Waals surface area contributed by atoms with Gasteiger partial charge < -0.3 is 21.1 Å². The molecule has 0 radical (unpaired) electrons. The Morgan fingerprint density at radius 3 is 2.58 bits per heavy atom. The molecule has 2 saturated heterocycles. The van der Waals surface area contributed by atoms with E-state index in [1.807, 2.05) is 7.05 Å². The molecule has 3 unspecified atom stereocenters. The number of likely N-dealkylation sites (tertiary alicyclic amines) is 1. The molecule has 2 aliphatic heterocycles. The van der Waals surface area contributed by atoms with Gasteiger partial charge in [0.25, 0.3) is 0 Å². The highest BCUT2D eigenvalue weighted by molar-refractivity contribution is 14.0. The van der Waals surface area contributed by atoms with E-state index in [0.717, 1.165) is 38.5 Å². The molecule has 26 heavy (non-hydrogen) atoms. The second-order valence-electron chi connectivity index (χ2n) is 8.19. The number of halogens is 1. The highest BCUT2D eigenvalue weighted by Gasteiger charge is 2.66. The van der Waals surface area contributed by atoms with E-state index >= 15 is 0 Å². The summed E-state index contributed by atoms with van der Waals surface area (Å²) in [6, 6.07) is 0.915. The van der Waals surface area contributed by atoms with Crippen molar-refractivity contribution in [2.45, 2.75) is 56.7 Å². The zero-order valence-corrected chi connectivity index (χ0v) is 17.9. The lowest BCUT2D eigenvalue weighted by Crippen LogP contribution is -2.72. The number of nitrogens with one attached hydrogen (secondary N) is 2. The number of fused-ring (bicyclic) bond motifs is 2. The number of nitrogens with two attached hydrogens (primary N) is 1. The number of aliphatic imine (C=N–C) groups is 1. The molecule has 4 rings (SSSR count). The first-order chi connectivity index (χ1) is 12.1. The number of hydrogen-bond donors (Lipinski definition) is 3. The molecule has 4 fully saturated rings. The molecule has 2 aliphatic carbocycles. The van der Waals surface area contributed by atoms with Crippen LogP contribution in [0.25, 0.3) is 0 Å². The fourth-order valence-corrected chi connectivity index (χ4v) is 5.42. The van der Waals surface area contributed by atoms with Crippen molar-refractivity contribution in [3.8, 4) is 0 Å². The van der Waals surface area contributed by atoms with Crippen molar-refractivity contribution >= 4 is 35.8 Å². The molecule has 3 atom stereocenters. The van der Waals surface area contributed by atoms with E-state index < -0.39 is 0 Å². The van der Waals surface area contributed by atoms with E-state index in [1.165, 1.54) is 25.7 Å². The highest BCUT2D eigenvalue weighted by atomic mass is 127. The van der Waals surface area contributed by atoms with Crippen LogP contribution in [0.5, 0.6) is 0 Å². The SMILES string of the molecule is CN=C(NC1CCN(CC(N)=O)CC1)NC1C2CCOC2C12CCC2.I. The van der Waals surface area contributed by atoms with Crippen molar-refractivity contribution < 1.29 is 9.53 Å².